The molecule has 1 aromatic heterocycles. The second kappa shape index (κ2) is 6.55. The van der Waals surface area contributed by atoms with Crippen molar-refractivity contribution in [2.45, 2.75) is 38.6 Å². The minimum Gasteiger partial charge on any atom is -0.314 e. The normalized spacial score (nSPS) is 16.2. The number of hydrogen-bond donors (Lipinski definition) is 1. The predicted octanol–water partition coefficient (Wildman–Crippen LogP) is 4.07. The molecule has 1 unspecified atom stereocenters. The Morgan fingerprint density at radius 1 is 1.20 bits per heavy atom. The number of aryl methyl sites for hydroxylation is 1. The summed E-state index contributed by atoms with van der Waals surface area (Å²) in [6.07, 6.45) is 4.95. The van der Waals surface area contributed by atoms with Crippen LogP contribution in [0.25, 0.3) is 0 Å². The molecule has 2 heteroatoms. The maximum Gasteiger partial charge on any atom is 0.0105 e. The third-order valence-corrected chi connectivity index (χ3v) is 5.17. The highest BCUT2D eigenvalue weighted by Crippen LogP contribution is 2.30. The van der Waals surface area contributed by atoms with E-state index in [9.17, 15) is 0 Å². The van der Waals surface area contributed by atoms with Crippen LogP contribution in [0, 0.1) is 5.92 Å². The maximum atomic E-state index is 3.73. The van der Waals surface area contributed by atoms with Crippen molar-refractivity contribution in [3.63, 3.8) is 0 Å². The minimum atomic E-state index is 0.646. The van der Waals surface area contributed by atoms with E-state index in [1.165, 1.54) is 31.2 Å². The molecule has 106 valence electrons. The molecule has 1 heterocycles. The van der Waals surface area contributed by atoms with E-state index >= 15 is 0 Å². The van der Waals surface area contributed by atoms with E-state index in [0.717, 1.165) is 12.5 Å². The molecule has 1 aliphatic rings. The molecule has 0 fully saturated rings. The number of fused-ring (bicyclic) bond motifs is 1. The Morgan fingerprint density at radius 3 is 2.55 bits per heavy atom. The number of rotatable bonds is 6. The van der Waals surface area contributed by atoms with E-state index in [0.29, 0.717) is 6.04 Å². The Hall–Kier alpha value is -1.12. The number of benzene rings is 1. The molecule has 0 saturated heterocycles. The van der Waals surface area contributed by atoms with Gasteiger partial charge in [-0.2, -0.15) is 11.3 Å². The molecular formula is C18H23NS. The van der Waals surface area contributed by atoms with Crippen molar-refractivity contribution >= 4 is 11.3 Å². The highest BCUT2D eigenvalue weighted by atomic mass is 32.1. The van der Waals surface area contributed by atoms with Crippen LogP contribution in [0.2, 0.25) is 0 Å². The fraction of sp³-hybridized carbons (Fsp3) is 0.444. The van der Waals surface area contributed by atoms with Crippen LogP contribution in [0.15, 0.2) is 41.1 Å². The third kappa shape index (κ3) is 3.13. The van der Waals surface area contributed by atoms with Crippen LogP contribution in [0.1, 0.15) is 30.0 Å². The van der Waals surface area contributed by atoms with Crippen molar-refractivity contribution in [1.82, 2.24) is 5.32 Å². The van der Waals surface area contributed by atoms with Gasteiger partial charge in [-0.25, -0.2) is 0 Å². The SMILES string of the molecule is CCNC(CCc1ccsc1)C1Cc2ccccc2C1. The van der Waals surface area contributed by atoms with Gasteiger partial charge in [0.1, 0.15) is 0 Å². The van der Waals surface area contributed by atoms with Crippen LogP contribution in [0.3, 0.4) is 0 Å². The number of nitrogens with one attached hydrogen (secondary N) is 1. The van der Waals surface area contributed by atoms with Crippen molar-refractivity contribution < 1.29 is 0 Å². The molecule has 0 spiro atoms. The lowest BCUT2D eigenvalue weighted by atomic mass is 9.92. The first kappa shape index (κ1) is 13.8. The van der Waals surface area contributed by atoms with Gasteiger partial charge >= 0.3 is 0 Å². The summed E-state index contributed by atoms with van der Waals surface area (Å²) in [5.74, 6) is 0.769. The van der Waals surface area contributed by atoms with Gasteiger partial charge in [0, 0.05) is 6.04 Å². The Labute approximate surface area is 126 Å². The predicted molar refractivity (Wildman–Crippen MR) is 87.4 cm³/mol. The van der Waals surface area contributed by atoms with Crippen LogP contribution in [0.4, 0.5) is 0 Å². The lowest BCUT2D eigenvalue weighted by Crippen LogP contribution is -2.37. The summed E-state index contributed by atoms with van der Waals surface area (Å²) in [6, 6.07) is 11.9. The average Bonchev–Trinajstić information content (AvgIpc) is 3.12. The first-order valence-corrected chi connectivity index (χ1v) is 8.62. The largest absolute Gasteiger partial charge is 0.314 e. The molecule has 0 saturated carbocycles. The van der Waals surface area contributed by atoms with E-state index in [2.05, 4.69) is 53.3 Å². The summed E-state index contributed by atoms with van der Waals surface area (Å²) in [6.45, 7) is 3.29. The van der Waals surface area contributed by atoms with Gasteiger partial charge in [-0.3, -0.25) is 0 Å². The Bertz CT molecular complexity index is 507. The molecule has 1 aromatic carbocycles. The Morgan fingerprint density at radius 2 is 1.95 bits per heavy atom. The first-order valence-electron chi connectivity index (χ1n) is 7.68. The van der Waals surface area contributed by atoms with Crippen LogP contribution in [-0.2, 0) is 19.3 Å². The topological polar surface area (TPSA) is 12.0 Å². The maximum absolute atomic E-state index is 3.73. The molecule has 1 N–H and O–H groups in total. The van der Waals surface area contributed by atoms with Gasteiger partial charge in [0.25, 0.3) is 0 Å². The highest BCUT2D eigenvalue weighted by molar-refractivity contribution is 7.07. The first-order chi connectivity index (χ1) is 9.86. The van der Waals surface area contributed by atoms with Crippen molar-refractivity contribution in [1.29, 1.82) is 0 Å². The van der Waals surface area contributed by atoms with Gasteiger partial charge in [0.15, 0.2) is 0 Å². The van der Waals surface area contributed by atoms with Crippen LogP contribution < -0.4 is 5.32 Å². The van der Waals surface area contributed by atoms with E-state index in [1.807, 2.05) is 0 Å². The van der Waals surface area contributed by atoms with Crippen LogP contribution in [-0.4, -0.2) is 12.6 Å². The zero-order valence-electron chi connectivity index (χ0n) is 12.1. The molecule has 0 amide bonds. The summed E-state index contributed by atoms with van der Waals surface area (Å²) in [7, 11) is 0. The molecule has 3 rings (SSSR count). The van der Waals surface area contributed by atoms with Gasteiger partial charge in [0.05, 0.1) is 0 Å². The smallest absolute Gasteiger partial charge is 0.0105 e. The second-order valence-corrected chi connectivity index (χ2v) is 6.55. The standard InChI is InChI=1S/C18H23NS/c1-2-19-18(8-7-14-9-10-20-13-14)17-11-15-5-3-4-6-16(15)12-17/h3-6,9-10,13,17-19H,2,7-8,11-12H2,1H3. The summed E-state index contributed by atoms with van der Waals surface area (Å²) in [5, 5.41) is 8.19. The zero-order chi connectivity index (χ0) is 13.8. The molecule has 2 aromatic rings. The summed E-state index contributed by atoms with van der Waals surface area (Å²) < 4.78 is 0. The highest BCUT2D eigenvalue weighted by Gasteiger charge is 2.27. The molecule has 0 bridgehead atoms. The fourth-order valence-electron chi connectivity index (χ4n) is 3.40. The lowest BCUT2D eigenvalue weighted by Gasteiger charge is -2.24. The second-order valence-electron chi connectivity index (χ2n) is 5.77. The molecule has 1 atom stereocenters. The quantitative estimate of drug-likeness (QED) is 0.843. The van der Waals surface area contributed by atoms with Crippen LogP contribution >= 0.6 is 11.3 Å². The van der Waals surface area contributed by atoms with Gasteiger partial charge in [-0.05, 0) is 71.7 Å². The van der Waals surface area contributed by atoms with Gasteiger partial charge in [-0.15, -0.1) is 0 Å². The molecule has 0 aliphatic heterocycles. The molecule has 1 nitrogen and oxygen atoms in total. The summed E-state index contributed by atoms with van der Waals surface area (Å²) in [5.41, 5.74) is 4.63. The van der Waals surface area contributed by atoms with E-state index in [4.69, 9.17) is 0 Å². The Balaban J connectivity index is 1.63. The third-order valence-electron chi connectivity index (χ3n) is 4.44. The van der Waals surface area contributed by atoms with Crippen molar-refractivity contribution in [3.05, 3.63) is 57.8 Å². The lowest BCUT2D eigenvalue weighted by molar-refractivity contribution is 0.351. The molecular weight excluding hydrogens is 262 g/mol. The number of hydrogen-bond acceptors (Lipinski definition) is 2. The summed E-state index contributed by atoms with van der Waals surface area (Å²) in [4.78, 5) is 0. The molecule has 20 heavy (non-hydrogen) atoms. The zero-order valence-corrected chi connectivity index (χ0v) is 13.0. The minimum absolute atomic E-state index is 0.646. The number of thiophene rings is 1. The van der Waals surface area contributed by atoms with E-state index in [-0.39, 0.29) is 0 Å². The van der Waals surface area contributed by atoms with E-state index < -0.39 is 0 Å². The monoisotopic (exact) mass is 285 g/mol. The van der Waals surface area contributed by atoms with Gasteiger partial charge < -0.3 is 5.32 Å². The van der Waals surface area contributed by atoms with Crippen molar-refractivity contribution in [2.24, 2.45) is 5.92 Å². The fourth-order valence-corrected chi connectivity index (χ4v) is 4.10. The average molecular weight is 285 g/mol. The van der Waals surface area contributed by atoms with Crippen molar-refractivity contribution in [3.8, 4) is 0 Å². The Kier molecular flexibility index (Phi) is 4.54. The summed E-state index contributed by atoms with van der Waals surface area (Å²) >= 11 is 1.81. The molecule has 1 aliphatic carbocycles. The van der Waals surface area contributed by atoms with Gasteiger partial charge in [0.2, 0.25) is 0 Å². The van der Waals surface area contributed by atoms with Crippen molar-refractivity contribution in [2.75, 3.05) is 6.54 Å². The van der Waals surface area contributed by atoms with E-state index in [1.54, 1.807) is 22.5 Å². The van der Waals surface area contributed by atoms with Crippen LogP contribution in [0.5, 0.6) is 0 Å². The van der Waals surface area contributed by atoms with Gasteiger partial charge in [-0.1, -0.05) is 31.2 Å². The molecule has 0 radical (unpaired) electrons.